The second-order valence-corrected chi connectivity index (χ2v) is 4.09. The topological polar surface area (TPSA) is 18.5 Å². The van der Waals surface area contributed by atoms with Gasteiger partial charge in [0.2, 0.25) is 0 Å². The zero-order valence-corrected chi connectivity index (χ0v) is 10.7. The molecule has 0 spiro atoms. The zero-order chi connectivity index (χ0) is 10.4. The van der Waals surface area contributed by atoms with Crippen molar-refractivity contribution in [2.45, 2.75) is 26.7 Å². The largest absolute Gasteiger partial charge is 0.353 e. The van der Waals surface area contributed by atoms with Gasteiger partial charge >= 0.3 is 0 Å². The van der Waals surface area contributed by atoms with Crippen LogP contribution in [0.3, 0.4) is 0 Å². The van der Waals surface area contributed by atoms with Gasteiger partial charge in [0, 0.05) is 10.2 Å². The van der Waals surface area contributed by atoms with Crippen molar-refractivity contribution in [2.24, 2.45) is 0 Å². The fraction of sp³-hybridized carbons (Fsp3) is 0.455. The van der Waals surface area contributed by atoms with Crippen LogP contribution in [0.1, 0.15) is 19.4 Å². The van der Waals surface area contributed by atoms with Crippen molar-refractivity contribution in [1.29, 1.82) is 0 Å². The predicted molar refractivity (Wildman–Crippen MR) is 65.0 cm³/mol. The van der Waals surface area contributed by atoms with Crippen molar-refractivity contribution < 1.29 is 9.47 Å². The van der Waals surface area contributed by atoms with Crippen LogP contribution in [0, 0.1) is 3.57 Å². The Hall–Kier alpha value is -0.130. The summed E-state index contributed by atoms with van der Waals surface area (Å²) in [6, 6.07) is 8.19. The third kappa shape index (κ3) is 3.94. The number of halogens is 1. The zero-order valence-electron chi connectivity index (χ0n) is 8.50. The Kier molecular flexibility index (Phi) is 5.44. The highest BCUT2D eigenvalue weighted by Gasteiger charge is 2.03. The first-order valence-corrected chi connectivity index (χ1v) is 5.78. The lowest BCUT2D eigenvalue weighted by Crippen LogP contribution is -2.12. The van der Waals surface area contributed by atoms with E-state index in [1.807, 2.05) is 26.0 Å². The van der Waals surface area contributed by atoms with E-state index in [2.05, 4.69) is 34.7 Å². The van der Waals surface area contributed by atoms with Crippen LogP contribution in [0.15, 0.2) is 24.3 Å². The average Bonchev–Trinajstić information content (AvgIpc) is 2.17. The van der Waals surface area contributed by atoms with Crippen LogP contribution in [-0.2, 0) is 16.1 Å². The first-order chi connectivity index (χ1) is 6.74. The van der Waals surface area contributed by atoms with Gasteiger partial charge in [-0.05, 0) is 48.1 Å². The molecule has 0 saturated heterocycles. The van der Waals surface area contributed by atoms with Gasteiger partial charge in [-0.3, -0.25) is 0 Å². The second kappa shape index (κ2) is 6.37. The van der Waals surface area contributed by atoms with Crippen LogP contribution in [0.5, 0.6) is 0 Å². The van der Waals surface area contributed by atoms with Crippen molar-refractivity contribution in [3.8, 4) is 0 Å². The van der Waals surface area contributed by atoms with E-state index in [1.54, 1.807) is 0 Å². The van der Waals surface area contributed by atoms with E-state index in [4.69, 9.17) is 9.47 Å². The molecule has 3 heteroatoms. The highest BCUT2D eigenvalue weighted by molar-refractivity contribution is 14.1. The van der Waals surface area contributed by atoms with E-state index in [1.165, 1.54) is 9.13 Å². The highest BCUT2D eigenvalue weighted by atomic mass is 127. The molecule has 0 bridgehead atoms. The standard InChI is InChI=1S/C11H15IO2/c1-3-13-9(2)14-8-10-6-4-5-7-11(10)12/h4-7,9H,3,8H2,1-2H3. The molecule has 1 atom stereocenters. The van der Waals surface area contributed by atoms with Crippen molar-refractivity contribution in [3.05, 3.63) is 33.4 Å². The third-order valence-corrected chi connectivity index (χ3v) is 2.89. The summed E-state index contributed by atoms with van der Waals surface area (Å²) in [4.78, 5) is 0. The van der Waals surface area contributed by atoms with Gasteiger partial charge in [0.1, 0.15) is 0 Å². The molecule has 2 nitrogen and oxygen atoms in total. The minimum absolute atomic E-state index is 0.129. The molecule has 0 heterocycles. The SMILES string of the molecule is CCOC(C)OCc1ccccc1I. The normalized spacial score (nSPS) is 12.8. The molecule has 1 rings (SSSR count). The fourth-order valence-corrected chi connectivity index (χ4v) is 1.65. The minimum atomic E-state index is -0.129. The molecule has 78 valence electrons. The van der Waals surface area contributed by atoms with Gasteiger partial charge in [-0.1, -0.05) is 18.2 Å². The molecule has 1 aromatic carbocycles. The van der Waals surface area contributed by atoms with Gasteiger partial charge in [-0.25, -0.2) is 0 Å². The highest BCUT2D eigenvalue weighted by Crippen LogP contribution is 2.13. The first kappa shape index (κ1) is 11.9. The molecule has 0 aliphatic carbocycles. The third-order valence-electron chi connectivity index (χ3n) is 1.83. The quantitative estimate of drug-likeness (QED) is 0.614. The maximum Gasteiger partial charge on any atom is 0.155 e. The van der Waals surface area contributed by atoms with Crippen LogP contribution in [-0.4, -0.2) is 12.9 Å². The Morgan fingerprint density at radius 3 is 2.64 bits per heavy atom. The Bertz CT molecular complexity index is 276. The second-order valence-electron chi connectivity index (χ2n) is 2.93. The van der Waals surface area contributed by atoms with Crippen LogP contribution in [0.4, 0.5) is 0 Å². The summed E-state index contributed by atoms with van der Waals surface area (Å²) in [7, 11) is 0. The molecule has 1 aromatic rings. The average molecular weight is 306 g/mol. The Balaban J connectivity index is 2.41. The molecular weight excluding hydrogens is 291 g/mol. The number of benzene rings is 1. The number of hydrogen-bond acceptors (Lipinski definition) is 2. The summed E-state index contributed by atoms with van der Waals surface area (Å²) in [5.41, 5.74) is 1.21. The monoisotopic (exact) mass is 306 g/mol. The lowest BCUT2D eigenvalue weighted by atomic mass is 10.2. The van der Waals surface area contributed by atoms with Crippen LogP contribution in [0.25, 0.3) is 0 Å². The molecule has 0 N–H and O–H groups in total. The lowest BCUT2D eigenvalue weighted by molar-refractivity contribution is -0.134. The van der Waals surface area contributed by atoms with Gasteiger partial charge in [0.25, 0.3) is 0 Å². The molecule has 0 amide bonds. The molecule has 1 unspecified atom stereocenters. The minimum Gasteiger partial charge on any atom is -0.353 e. The maximum absolute atomic E-state index is 5.52. The maximum atomic E-state index is 5.52. The Labute approximate surface area is 98.7 Å². The van der Waals surface area contributed by atoms with Gasteiger partial charge in [-0.2, -0.15) is 0 Å². The smallest absolute Gasteiger partial charge is 0.155 e. The van der Waals surface area contributed by atoms with E-state index >= 15 is 0 Å². The summed E-state index contributed by atoms with van der Waals surface area (Å²) in [6.07, 6.45) is -0.129. The summed E-state index contributed by atoms with van der Waals surface area (Å²) >= 11 is 2.31. The molecular formula is C11H15IO2. The van der Waals surface area contributed by atoms with Gasteiger partial charge in [-0.15, -0.1) is 0 Å². The van der Waals surface area contributed by atoms with Crippen molar-refractivity contribution in [1.82, 2.24) is 0 Å². The summed E-state index contributed by atoms with van der Waals surface area (Å²) in [5.74, 6) is 0. The van der Waals surface area contributed by atoms with Gasteiger partial charge in [0.05, 0.1) is 6.61 Å². The lowest BCUT2D eigenvalue weighted by Gasteiger charge is -2.13. The van der Waals surface area contributed by atoms with Gasteiger partial charge in [0.15, 0.2) is 6.29 Å². The van der Waals surface area contributed by atoms with E-state index in [9.17, 15) is 0 Å². The van der Waals surface area contributed by atoms with Crippen LogP contribution < -0.4 is 0 Å². The predicted octanol–water partition coefficient (Wildman–Crippen LogP) is 3.19. The van der Waals surface area contributed by atoms with Gasteiger partial charge < -0.3 is 9.47 Å². The Morgan fingerprint density at radius 1 is 1.29 bits per heavy atom. The van der Waals surface area contributed by atoms with E-state index in [-0.39, 0.29) is 6.29 Å². The molecule has 0 radical (unpaired) electrons. The fourth-order valence-electron chi connectivity index (χ4n) is 1.11. The Morgan fingerprint density at radius 2 is 2.00 bits per heavy atom. The molecule has 0 aliphatic rings. The van der Waals surface area contributed by atoms with E-state index < -0.39 is 0 Å². The molecule has 0 aliphatic heterocycles. The van der Waals surface area contributed by atoms with Crippen molar-refractivity contribution >= 4 is 22.6 Å². The molecule has 0 saturated carbocycles. The molecule has 0 fully saturated rings. The number of rotatable bonds is 5. The van der Waals surface area contributed by atoms with E-state index in [0.717, 1.165) is 0 Å². The molecule has 14 heavy (non-hydrogen) atoms. The van der Waals surface area contributed by atoms with Crippen molar-refractivity contribution in [3.63, 3.8) is 0 Å². The van der Waals surface area contributed by atoms with Crippen molar-refractivity contribution in [2.75, 3.05) is 6.61 Å². The first-order valence-electron chi connectivity index (χ1n) is 4.70. The van der Waals surface area contributed by atoms with Crippen LogP contribution >= 0.6 is 22.6 Å². The number of hydrogen-bond donors (Lipinski definition) is 0. The number of ether oxygens (including phenoxy) is 2. The van der Waals surface area contributed by atoms with Crippen LogP contribution in [0.2, 0.25) is 0 Å². The summed E-state index contributed by atoms with van der Waals surface area (Å²) in [6.45, 7) is 5.18. The van der Waals surface area contributed by atoms with E-state index in [0.29, 0.717) is 13.2 Å². The molecule has 0 aromatic heterocycles. The summed E-state index contributed by atoms with van der Waals surface area (Å²) in [5, 5.41) is 0. The summed E-state index contributed by atoms with van der Waals surface area (Å²) < 4.78 is 12.0.